The summed E-state index contributed by atoms with van der Waals surface area (Å²) in [5.41, 5.74) is 0.493. The van der Waals surface area contributed by atoms with Crippen LogP contribution in [-0.4, -0.2) is 41.5 Å². The lowest BCUT2D eigenvalue weighted by Gasteiger charge is -2.13. The first-order valence-corrected chi connectivity index (χ1v) is 9.36. The van der Waals surface area contributed by atoms with Crippen LogP contribution < -0.4 is 5.32 Å². The standard InChI is InChI=1S/C20H15Cl2FN2O4/c1-10(26)24-5-4-11-2-3-12(6-17(11)23)18(27)9-25-19(28)13-7-15(21)16(22)8-14(13)20(25)29/h2-3,6-8H,4-5,9H2,1H3,(H,24,26). The molecule has 0 atom stereocenters. The van der Waals surface area contributed by atoms with Gasteiger partial charge in [-0.05, 0) is 30.2 Å². The van der Waals surface area contributed by atoms with E-state index in [9.17, 15) is 23.6 Å². The number of Topliss-reactive ketones (excluding diaryl/α,β-unsaturated/α-hetero) is 1. The van der Waals surface area contributed by atoms with Gasteiger partial charge in [0.05, 0.1) is 27.7 Å². The van der Waals surface area contributed by atoms with Gasteiger partial charge in [0.1, 0.15) is 5.82 Å². The zero-order valence-corrected chi connectivity index (χ0v) is 16.7. The molecule has 2 aromatic rings. The molecule has 1 heterocycles. The fourth-order valence-corrected chi connectivity index (χ4v) is 3.29. The van der Waals surface area contributed by atoms with E-state index in [1.807, 2.05) is 0 Å². The number of nitrogens with zero attached hydrogens (tertiary/aromatic N) is 1. The van der Waals surface area contributed by atoms with E-state index in [0.29, 0.717) is 5.56 Å². The summed E-state index contributed by atoms with van der Waals surface area (Å²) < 4.78 is 14.3. The van der Waals surface area contributed by atoms with Crippen molar-refractivity contribution in [3.8, 4) is 0 Å². The lowest BCUT2D eigenvalue weighted by Crippen LogP contribution is -2.35. The SMILES string of the molecule is CC(=O)NCCc1ccc(C(=O)CN2C(=O)c3cc(Cl)c(Cl)cc3C2=O)cc1F. The number of hydrogen-bond acceptors (Lipinski definition) is 4. The molecule has 1 aliphatic heterocycles. The Hall–Kier alpha value is -2.77. The van der Waals surface area contributed by atoms with Crippen LogP contribution in [0.2, 0.25) is 10.0 Å². The van der Waals surface area contributed by atoms with Crippen LogP contribution >= 0.6 is 23.2 Å². The molecule has 1 aliphatic rings. The second-order valence-corrected chi connectivity index (χ2v) is 7.29. The van der Waals surface area contributed by atoms with Crippen LogP contribution in [0.15, 0.2) is 30.3 Å². The molecule has 3 rings (SSSR count). The fraction of sp³-hybridized carbons (Fsp3) is 0.200. The van der Waals surface area contributed by atoms with Gasteiger partial charge < -0.3 is 5.32 Å². The predicted molar refractivity (Wildman–Crippen MR) is 105 cm³/mol. The van der Waals surface area contributed by atoms with Crippen molar-refractivity contribution < 1.29 is 23.6 Å². The van der Waals surface area contributed by atoms with Crippen LogP contribution in [0, 0.1) is 5.82 Å². The summed E-state index contributed by atoms with van der Waals surface area (Å²) in [6.45, 7) is 1.09. The maximum atomic E-state index is 14.3. The van der Waals surface area contributed by atoms with Crippen molar-refractivity contribution in [3.63, 3.8) is 0 Å². The zero-order chi connectivity index (χ0) is 21.3. The molecule has 3 amide bonds. The van der Waals surface area contributed by atoms with E-state index in [-0.39, 0.29) is 45.6 Å². The van der Waals surface area contributed by atoms with Gasteiger partial charge in [0.25, 0.3) is 11.8 Å². The van der Waals surface area contributed by atoms with E-state index >= 15 is 0 Å². The molecular formula is C20H15Cl2FN2O4. The fourth-order valence-electron chi connectivity index (χ4n) is 2.96. The molecule has 150 valence electrons. The molecule has 6 nitrogen and oxygen atoms in total. The number of halogens is 3. The van der Waals surface area contributed by atoms with Crippen molar-refractivity contribution in [3.05, 3.63) is 68.4 Å². The first-order valence-electron chi connectivity index (χ1n) is 8.60. The summed E-state index contributed by atoms with van der Waals surface area (Å²) in [4.78, 5) is 49.1. The molecular weight excluding hydrogens is 422 g/mol. The number of benzene rings is 2. The van der Waals surface area contributed by atoms with Crippen LogP contribution in [-0.2, 0) is 11.2 Å². The van der Waals surface area contributed by atoms with Crippen molar-refractivity contribution in [1.82, 2.24) is 10.2 Å². The van der Waals surface area contributed by atoms with Crippen LogP contribution in [0.3, 0.4) is 0 Å². The van der Waals surface area contributed by atoms with Crippen molar-refractivity contribution in [2.75, 3.05) is 13.1 Å². The number of nitrogens with one attached hydrogen (secondary N) is 1. The average molecular weight is 437 g/mol. The third-order valence-corrected chi connectivity index (χ3v) is 5.18. The lowest BCUT2D eigenvalue weighted by molar-refractivity contribution is -0.118. The van der Waals surface area contributed by atoms with Gasteiger partial charge in [-0.2, -0.15) is 0 Å². The first kappa shape index (κ1) is 21.0. The van der Waals surface area contributed by atoms with Gasteiger partial charge in [0, 0.05) is 19.0 Å². The summed E-state index contributed by atoms with van der Waals surface area (Å²) in [6, 6.07) is 6.48. The van der Waals surface area contributed by atoms with E-state index in [1.165, 1.54) is 31.2 Å². The number of carbonyl (C=O) groups is 4. The van der Waals surface area contributed by atoms with Crippen molar-refractivity contribution in [2.24, 2.45) is 0 Å². The van der Waals surface area contributed by atoms with Crippen molar-refractivity contribution in [2.45, 2.75) is 13.3 Å². The van der Waals surface area contributed by atoms with Gasteiger partial charge in [0.15, 0.2) is 5.78 Å². The molecule has 0 bridgehead atoms. The van der Waals surface area contributed by atoms with Crippen molar-refractivity contribution >= 4 is 46.7 Å². The molecule has 0 radical (unpaired) electrons. The van der Waals surface area contributed by atoms with E-state index in [2.05, 4.69) is 5.32 Å². The Labute approximate surface area is 175 Å². The number of ketones is 1. The summed E-state index contributed by atoms with van der Waals surface area (Å²) in [5, 5.41) is 2.80. The normalized spacial score (nSPS) is 12.9. The number of carbonyl (C=O) groups excluding carboxylic acids is 4. The Morgan fingerprint density at radius 3 is 2.14 bits per heavy atom. The maximum Gasteiger partial charge on any atom is 0.262 e. The smallest absolute Gasteiger partial charge is 0.262 e. The first-order chi connectivity index (χ1) is 13.7. The molecule has 9 heteroatoms. The molecule has 0 aromatic heterocycles. The van der Waals surface area contributed by atoms with Gasteiger partial charge in [-0.1, -0.05) is 35.3 Å². The Kier molecular flexibility index (Phi) is 6.00. The van der Waals surface area contributed by atoms with E-state index in [4.69, 9.17) is 23.2 Å². The Balaban J connectivity index is 1.74. The summed E-state index contributed by atoms with van der Waals surface area (Å²) >= 11 is 11.8. The lowest BCUT2D eigenvalue weighted by atomic mass is 10.0. The molecule has 0 saturated heterocycles. The number of fused-ring (bicyclic) bond motifs is 1. The minimum absolute atomic E-state index is 0.0263. The molecule has 0 fully saturated rings. The third-order valence-electron chi connectivity index (χ3n) is 4.46. The topological polar surface area (TPSA) is 83.6 Å². The highest BCUT2D eigenvalue weighted by atomic mass is 35.5. The highest BCUT2D eigenvalue weighted by Gasteiger charge is 2.37. The molecule has 0 aliphatic carbocycles. The minimum Gasteiger partial charge on any atom is -0.356 e. The molecule has 1 N–H and O–H groups in total. The van der Waals surface area contributed by atoms with Gasteiger partial charge >= 0.3 is 0 Å². The molecule has 2 aromatic carbocycles. The third kappa shape index (κ3) is 4.31. The zero-order valence-electron chi connectivity index (χ0n) is 15.2. The number of imide groups is 1. The molecule has 0 unspecified atom stereocenters. The number of amides is 3. The largest absolute Gasteiger partial charge is 0.356 e. The van der Waals surface area contributed by atoms with E-state index in [0.717, 1.165) is 11.0 Å². The maximum absolute atomic E-state index is 14.3. The van der Waals surface area contributed by atoms with Crippen LogP contribution in [0.1, 0.15) is 43.6 Å². The van der Waals surface area contributed by atoms with Crippen LogP contribution in [0.5, 0.6) is 0 Å². The van der Waals surface area contributed by atoms with Crippen molar-refractivity contribution in [1.29, 1.82) is 0 Å². The second kappa shape index (κ2) is 8.31. The summed E-state index contributed by atoms with van der Waals surface area (Å²) in [7, 11) is 0. The van der Waals surface area contributed by atoms with E-state index in [1.54, 1.807) is 0 Å². The molecule has 0 saturated carbocycles. The quantitative estimate of drug-likeness (QED) is 0.556. The Morgan fingerprint density at radius 2 is 1.62 bits per heavy atom. The highest BCUT2D eigenvalue weighted by Crippen LogP contribution is 2.31. The van der Waals surface area contributed by atoms with Gasteiger partial charge in [-0.15, -0.1) is 0 Å². The Bertz CT molecular complexity index is 1010. The van der Waals surface area contributed by atoms with Gasteiger partial charge in [-0.25, -0.2) is 4.39 Å². The highest BCUT2D eigenvalue weighted by molar-refractivity contribution is 6.43. The average Bonchev–Trinajstić information content (AvgIpc) is 2.87. The van der Waals surface area contributed by atoms with E-state index < -0.39 is 30.0 Å². The Morgan fingerprint density at radius 1 is 1.03 bits per heavy atom. The van der Waals surface area contributed by atoms with Crippen LogP contribution in [0.25, 0.3) is 0 Å². The summed E-state index contributed by atoms with van der Waals surface area (Å²) in [6.07, 6.45) is 0.264. The number of rotatable bonds is 6. The minimum atomic E-state index is -0.663. The van der Waals surface area contributed by atoms with Gasteiger partial charge in [-0.3, -0.25) is 24.1 Å². The second-order valence-electron chi connectivity index (χ2n) is 6.47. The number of hydrogen-bond donors (Lipinski definition) is 1. The van der Waals surface area contributed by atoms with Crippen LogP contribution in [0.4, 0.5) is 4.39 Å². The predicted octanol–water partition coefficient (Wildman–Crippen LogP) is 3.29. The monoisotopic (exact) mass is 436 g/mol. The van der Waals surface area contributed by atoms with Gasteiger partial charge in [0.2, 0.25) is 5.91 Å². The molecule has 29 heavy (non-hydrogen) atoms. The molecule has 0 spiro atoms. The summed E-state index contributed by atoms with van der Waals surface area (Å²) in [5.74, 6) is -2.75.